The number of amides is 1. The molecule has 31 heavy (non-hydrogen) atoms. The fraction of sp³-hybridized carbons (Fsp3) is 0.240. The number of carbonyl (C=O) groups excluding carboxylic acids is 1. The van der Waals surface area contributed by atoms with Crippen LogP contribution in [0.4, 0.5) is 0 Å². The fourth-order valence-electron chi connectivity index (χ4n) is 4.04. The summed E-state index contributed by atoms with van der Waals surface area (Å²) in [6, 6.07) is 26.8. The second-order valence-electron chi connectivity index (χ2n) is 7.83. The molecule has 0 fully saturated rings. The van der Waals surface area contributed by atoms with Crippen molar-refractivity contribution in [1.82, 2.24) is 9.62 Å². The summed E-state index contributed by atoms with van der Waals surface area (Å²) >= 11 is 0. The Morgan fingerprint density at radius 2 is 1.39 bits per heavy atom. The summed E-state index contributed by atoms with van der Waals surface area (Å²) in [4.78, 5) is 15.2. The summed E-state index contributed by atoms with van der Waals surface area (Å²) in [5, 5.41) is 0. The molecule has 0 saturated heterocycles. The highest BCUT2D eigenvalue weighted by Crippen LogP contribution is 2.25. The van der Waals surface area contributed by atoms with Gasteiger partial charge in [-0.3, -0.25) is 14.4 Å². The quantitative estimate of drug-likeness (QED) is 0.620. The molecule has 160 valence electrons. The summed E-state index contributed by atoms with van der Waals surface area (Å²) in [5.41, 5.74) is 4.08. The molecule has 0 atom stereocenters. The molecule has 3 aromatic carbocycles. The number of nitrogens with one attached hydrogen (secondary N) is 1. The van der Waals surface area contributed by atoms with E-state index in [1.165, 1.54) is 11.1 Å². The minimum Gasteiger partial charge on any atom is -0.298 e. The van der Waals surface area contributed by atoms with Crippen LogP contribution in [0, 0.1) is 0 Å². The third kappa shape index (κ3) is 5.40. The molecule has 1 aliphatic heterocycles. The highest BCUT2D eigenvalue weighted by molar-refractivity contribution is 7.90. The van der Waals surface area contributed by atoms with Gasteiger partial charge < -0.3 is 0 Å². The predicted molar refractivity (Wildman–Crippen MR) is 122 cm³/mol. The number of carbonyl (C=O) groups is 1. The van der Waals surface area contributed by atoms with Crippen molar-refractivity contribution < 1.29 is 13.2 Å². The van der Waals surface area contributed by atoms with Gasteiger partial charge >= 0.3 is 0 Å². The second kappa shape index (κ2) is 9.45. The van der Waals surface area contributed by atoms with Crippen molar-refractivity contribution in [2.75, 3.05) is 18.8 Å². The minimum absolute atomic E-state index is 0.114. The average Bonchev–Trinajstić information content (AvgIpc) is 2.79. The lowest BCUT2D eigenvalue weighted by Gasteiger charge is -2.28. The maximum absolute atomic E-state index is 13.1. The second-order valence-corrected chi connectivity index (χ2v) is 9.68. The van der Waals surface area contributed by atoms with Crippen LogP contribution in [-0.4, -0.2) is 38.1 Å². The summed E-state index contributed by atoms with van der Waals surface area (Å²) < 4.78 is 27.8. The zero-order valence-electron chi connectivity index (χ0n) is 17.3. The molecule has 6 heteroatoms. The lowest BCUT2D eigenvalue weighted by atomic mass is 9.91. The SMILES string of the molecule is O=C(NS(=O)(=O)CCN1CCc2ccccc2C1)C(c1ccccc1)c1ccccc1. The molecule has 0 aromatic heterocycles. The molecular formula is C25H26N2O3S. The zero-order valence-corrected chi connectivity index (χ0v) is 18.1. The van der Waals surface area contributed by atoms with E-state index in [2.05, 4.69) is 21.8 Å². The minimum atomic E-state index is -3.76. The van der Waals surface area contributed by atoms with Gasteiger partial charge in [0.15, 0.2) is 0 Å². The largest absolute Gasteiger partial charge is 0.298 e. The smallest absolute Gasteiger partial charge is 0.245 e. The van der Waals surface area contributed by atoms with Gasteiger partial charge in [-0.1, -0.05) is 84.9 Å². The lowest BCUT2D eigenvalue weighted by Crippen LogP contribution is -2.41. The number of fused-ring (bicyclic) bond motifs is 1. The van der Waals surface area contributed by atoms with Crippen molar-refractivity contribution in [3.63, 3.8) is 0 Å². The molecule has 4 rings (SSSR count). The number of sulfonamides is 1. The van der Waals surface area contributed by atoms with E-state index in [1.54, 1.807) is 0 Å². The molecule has 0 radical (unpaired) electrons. The molecule has 1 heterocycles. The van der Waals surface area contributed by atoms with E-state index in [9.17, 15) is 13.2 Å². The van der Waals surface area contributed by atoms with Crippen molar-refractivity contribution in [3.05, 3.63) is 107 Å². The third-order valence-corrected chi connectivity index (χ3v) is 6.90. The van der Waals surface area contributed by atoms with E-state index in [4.69, 9.17) is 0 Å². The molecule has 0 saturated carbocycles. The van der Waals surface area contributed by atoms with Crippen LogP contribution in [-0.2, 0) is 27.8 Å². The summed E-state index contributed by atoms with van der Waals surface area (Å²) in [5.74, 6) is -1.32. The standard InChI is InChI=1S/C25H26N2O3S/c28-25(24(21-10-3-1-4-11-21)22-12-5-2-6-13-22)26-31(29,30)18-17-27-16-15-20-9-7-8-14-23(20)19-27/h1-14,24H,15-19H2,(H,26,28). The number of benzene rings is 3. The van der Waals surface area contributed by atoms with Crippen molar-refractivity contribution in [2.24, 2.45) is 0 Å². The van der Waals surface area contributed by atoms with Gasteiger partial charge in [0, 0.05) is 19.6 Å². The maximum Gasteiger partial charge on any atom is 0.245 e. The highest BCUT2D eigenvalue weighted by atomic mass is 32.2. The van der Waals surface area contributed by atoms with Gasteiger partial charge in [-0.2, -0.15) is 0 Å². The summed E-state index contributed by atoms with van der Waals surface area (Å²) in [6.07, 6.45) is 0.909. The van der Waals surface area contributed by atoms with Crippen LogP contribution in [0.1, 0.15) is 28.2 Å². The van der Waals surface area contributed by atoms with Gasteiger partial charge in [0.1, 0.15) is 0 Å². The molecule has 0 aliphatic carbocycles. The molecule has 1 amide bonds. The van der Waals surface area contributed by atoms with Crippen molar-refractivity contribution in [2.45, 2.75) is 18.9 Å². The summed E-state index contributed by atoms with van der Waals surface area (Å²) in [6.45, 7) is 1.94. The van der Waals surface area contributed by atoms with Crippen LogP contribution in [0.5, 0.6) is 0 Å². The topological polar surface area (TPSA) is 66.5 Å². The van der Waals surface area contributed by atoms with E-state index in [0.29, 0.717) is 6.54 Å². The molecule has 5 nitrogen and oxygen atoms in total. The van der Waals surface area contributed by atoms with Crippen LogP contribution in [0.15, 0.2) is 84.9 Å². The van der Waals surface area contributed by atoms with Crippen LogP contribution in [0.25, 0.3) is 0 Å². The van der Waals surface area contributed by atoms with E-state index in [-0.39, 0.29) is 5.75 Å². The van der Waals surface area contributed by atoms with Gasteiger partial charge in [-0.15, -0.1) is 0 Å². The number of hydrogen-bond acceptors (Lipinski definition) is 4. The molecule has 0 unspecified atom stereocenters. The Balaban J connectivity index is 1.43. The normalized spacial score (nSPS) is 14.2. The van der Waals surface area contributed by atoms with E-state index in [1.807, 2.05) is 72.8 Å². The Morgan fingerprint density at radius 3 is 2.00 bits per heavy atom. The molecule has 3 aromatic rings. The number of nitrogens with zero attached hydrogens (tertiary/aromatic N) is 1. The van der Waals surface area contributed by atoms with E-state index >= 15 is 0 Å². The fourth-order valence-corrected chi connectivity index (χ4v) is 5.07. The van der Waals surface area contributed by atoms with Gasteiger partial charge in [0.05, 0.1) is 11.7 Å². The molecule has 0 spiro atoms. The lowest BCUT2D eigenvalue weighted by molar-refractivity contribution is -0.119. The first-order chi connectivity index (χ1) is 15.0. The van der Waals surface area contributed by atoms with Gasteiger partial charge in [0.25, 0.3) is 0 Å². The molecular weight excluding hydrogens is 408 g/mol. The first kappa shape index (κ1) is 21.3. The number of hydrogen-bond donors (Lipinski definition) is 1. The van der Waals surface area contributed by atoms with Crippen molar-refractivity contribution >= 4 is 15.9 Å². The Bertz CT molecular complexity index is 1090. The van der Waals surface area contributed by atoms with Gasteiger partial charge in [-0.25, -0.2) is 8.42 Å². The highest BCUT2D eigenvalue weighted by Gasteiger charge is 2.27. The molecule has 1 aliphatic rings. The Labute approximate surface area is 183 Å². The average molecular weight is 435 g/mol. The van der Waals surface area contributed by atoms with E-state index < -0.39 is 21.8 Å². The van der Waals surface area contributed by atoms with Crippen molar-refractivity contribution in [3.8, 4) is 0 Å². The van der Waals surface area contributed by atoms with Crippen LogP contribution >= 0.6 is 0 Å². The molecule has 0 bridgehead atoms. The zero-order chi connectivity index (χ0) is 21.7. The first-order valence-corrected chi connectivity index (χ1v) is 12.1. The monoisotopic (exact) mass is 434 g/mol. The van der Waals surface area contributed by atoms with E-state index in [0.717, 1.165) is 30.6 Å². The maximum atomic E-state index is 13.1. The Morgan fingerprint density at radius 1 is 0.839 bits per heavy atom. The third-order valence-electron chi connectivity index (χ3n) is 5.67. The van der Waals surface area contributed by atoms with Crippen LogP contribution < -0.4 is 4.72 Å². The van der Waals surface area contributed by atoms with Crippen LogP contribution in [0.3, 0.4) is 0 Å². The Kier molecular flexibility index (Phi) is 6.49. The molecule has 1 N–H and O–H groups in total. The predicted octanol–water partition coefficient (Wildman–Crippen LogP) is 3.32. The van der Waals surface area contributed by atoms with Gasteiger partial charge in [0.2, 0.25) is 15.9 Å². The van der Waals surface area contributed by atoms with Gasteiger partial charge in [-0.05, 0) is 28.7 Å². The Hall–Kier alpha value is -2.96. The summed E-state index contributed by atoms with van der Waals surface area (Å²) in [7, 11) is -3.76. The van der Waals surface area contributed by atoms with Crippen LogP contribution in [0.2, 0.25) is 0 Å². The van der Waals surface area contributed by atoms with Crippen molar-refractivity contribution in [1.29, 1.82) is 0 Å². The first-order valence-electron chi connectivity index (χ1n) is 10.5. The number of rotatable bonds is 7.